The Morgan fingerprint density at radius 3 is 2.60 bits per heavy atom. The van der Waals surface area contributed by atoms with Crippen LogP contribution in [0.3, 0.4) is 0 Å². The average molecular weight is 303 g/mol. The minimum Gasteiger partial charge on any atom is -0.339 e. The van der Waals surface area contributed by atoms with Crippen LogP contribution in [0.4, 0.5) is 0 Å². The van der Waals surface area contributed by atoms with Gasteiger partial charge < -0.3 is 10.2 Å². The van der Waals surface area contributed by atoms with E-state index in [9.17, 15) is 13.2 Å². The van der Waals surface area contributed by atoms with Gasteiger partial charge in [-0.1, -0.05) is 0 Å². The molecule has 1 unspecified atom stereocenters. The summed E-state index contributed by atoms with van der Waals surface area (Å²) in [4.78, 5) is 16.6. The molecular weight excluding hydrogens is 278 g/mol. The van der Waals surface area contributed by atoms with Gasteiger partial charge in [0, 0.05) is 32.4 Å². The van der Waals surface area contributed by atoms with Gasteiger partial charge in [-0.2, -0.15) is 0 Å². The van der Waals surface area contributed by atoms with Crippen LogP contribution in [0.25, 0.3) is 0 Å². The number of rotatable bonds is 5. The highest BCUT2D eigenvalue weighted by Gasteiger charge is 2.33. The minimum absolute atomic E-state index is 0.0346. The fourth-order valence-corrected chi connectivity index (χ4v) is 3.65. The summed E-state index contributed by atoms with van der Waals surface area (Å²) in [5.74, 6) is 0.432. The quantitative estimate of drug-likeness (QED) is 0.728. The van der Waals surface area contributed by atoms with Crippen molar-refractivity contribution in [3.05, 3.63) is 0 Å². The predicted molar refractivity (Wildman–Crippen MR) is 78.4 cm³/mol. The minimum atomic E-state index is -2.90. The number of sulfone groups is 1. The van der Waals surface area contributed by atoms with Crippen molar-refractivity contribution in [2.24, 2.45) is 0 Å². The molecule has 0 aromatic rings. The first-order valence-electron chi connectivity index (χ1n) is 7.39. The van der Waals surface area contributed by atoms with E-state index in [1.165, 1.54) is 6.26 Å². The van der Waals surface area contributed by atoms with Crippen LogP contribution in [0.15, 0.2) is 0 Å². The maximum absolute atomic E-state index is 12.5. The Hall–Kier alpha value is -0.660. The molecule has 2 rings (SSSR count). The van der Waals surface area contributed by atoms with Crippen LogP contribution in [0.2, 0.25) is 0 Å². The number of nitrogens with one attached hydrogen (secondary N) is 1. The molecule has 0 saturated carbocycles. The SMILES string of the molecule is CS(=O)(=O)CCCN1CCCC1C(=O)N1CCNCC1. The van der Waals surface area contributed by atoms with E-state index in [0.29, 0.717) is 13.0 Å². The van der Waals surface area contributed by atoms with E-state index in [0.717, 1.165) is 45.6 Å². The largest absolute Gasteiger partial charge is 0.339 e. The summed E-state index contributed by atoms with van der Waals surface area (Å²) in [6.45, 7) is 4.92. The van der Waals surface area contributed by atoms with E-state index in [4.69, 9.17) is 0 Å². The lowest BCUT2D eigenvalue weighted by atomic mass is 10.1. The Labute approximate surface area is 121 Å². The van der Waals surface area contributed by atoms with Crippen LogP contribution in [0.5, 0.6) is 0 Å². The summed E-state index contributed by atoms with van der Waals surface area (Å²) < 4.78 is 22.3. The highest BCUT2D eigenvalue weighted by atomic mass is 32.2. The number of piperazine rings is 1. The molecule has 0 bridgehead atoms. The lowest BCUT2D eigenvalue weighted by molar-refractivity contribution is -0.136. The van der Waals surface area contributed by atoms with E-state index in [-0.39, 0.29) is 17.7 Å². The van der Waals surface area contributed by atoms with Crippen molar-refractivity contribution in [1.82, 2.24) is 15.1 Å². The molecule has 2 fully saturated rings. The Balaban J connectivity index is 1.84. The molecule has 20 heavy (non-hydrogen) atoms. The zero-order valence-corrected chi connectivity index (χ0v) is 13.0. The van der Waals surface area contributed by atoms with Gasteiger partial charge in [0.25, 0.3) is 0 Å². The van der Waals surface area contributed by atoms with Gasteiger partial charge in [-0.3, -0.25) is 9.69 Å². The predicted octanol–water partition coefficient (Wildman–Crippen LogP) is -0.683. The number of likely N-dealkylation sites (tertiary alicyclic amines) is 1. The van der Waals surface area contributed by atoms with E-state index in [2.05, 4.69) is 10.2 Å². The smallest absolute Gasteiger partial charge is 0.240 e. The van der Waals surface area contributed by atoms with Crippen LogP contribution >= 0.6 is 0 Å². The van der Waals surface area contributed by atoms with Gasteiger partial charge in [0.15, 0.2) is 0 Å². The van der Waals surface area contributed by atoms with Crippen LogP contribution in [-0.4, -0.2) is 81.4 Å². The number of carbonyl (C=O) groups excluding carboxylic acids is 1. The Bertz CT molecular complexity index is 432. The molecular formula is C13H25N3O3S. The molecule has 1 atom stereocenters. The maximum Gasteiger partial charge on any atom is 0.240 e. The fraction of sp³-hybridized carbons (Fsp3) is 0.923. The van der Waals surface area contributed by atoms with Crippen molar-refractivity contribution in [1.29, 1.82) is 0 Å². The first kappa shape index (κ1) is 15.7. The zero-order valence-electron chi connectivity index (χ0n) is 12.2. The summed E-state index contributed by atoms with van der Waals surface area (Å²) in [6, 6.07) is -0.0346. The molecule has 0 aromatic heterocycles. The summed E-state index contributed by atoms with van der Waals surface area (Å²) in [7, 11) is -2.90. The molecule has 2 aliphatic heterocycles. The number of nitrogens with zero attached hydrogens (tertiary/aromatic N) is 2. The molecule has 1 amide bonds. The van der Waals surface area contributed by atoms with Crippen molar-refractivity contribution in [2.45, 2.75) is 25.3 Å². The Morgan fingerprint density at radius 2 is 1.95 bits per heavy atom. The highest BCUT2D eigenvalue weighted by Crippen LogP contribution is 2.20. The molecule has 2 heterocycles. The van der Waals surface area contributed by atoms with Crippen LogP contribution in [-0.2, 0) is 14.6 Å². The molecule has 6 nitrogen and oxygen atoms in total. The number of hydrogen-bond donors (Lipinski definition) is 1. The highest BCUT2D eigenvalue weighted by molar-refractivity contribution is 7.90. The number of carbonyl (C=O) groups is 1. The topological polar surface area (TPSA) is 69.7 Å². The van der Waals surface area contributed by atoms with Crippen LogP contribution in [0, 0.1) is 0 Å². The van der Waals surface area contributed by atoms with Crippen LogP contribution < -0.4 is 5.32 Å². The second-order valence-electron chi connectivity index (χ2n) is 5.75. The molecule has 7 heteroatoms. The molecule has 0 aromatic carbocycles. The summed E-state index contributed by atoms with van der Waals surface area (Å²) >= 11 is 0. The summed E-state index contributed by atoms with van der Waals surface area (Å²) in [5.41, 5.74) is 0. The molecule has 0 radical (unpaired) electrons. The van der Waals surface area contributed by atoms with E-state index in [1.807, 2.05) is 4.90 Å². The van der Waals surface area contributed by atoms with Gasteiger partial charge in [0.05, 0.1) is 11.8 Å². The number of hydrogen-bond acceptors (Lipinski definition) is 5. The third-order valence-electron chi connectivity index (χ3n) is 4.04. The zero-order chi connectivity index (χ0) is 14.6. The molecule has 0 aliphatic carbocycles. The molecule has 2 aliphatic rings. The second kappa shape index (κ2) is 6.87. The van der Waals surface area contributed by atoms with Crippen molar-refractivity contribution < 1.29 is 13.2 Å². The summed E-state index contributed by atoms with van der Waals surface area (Å²) in [6.07, 6.45) is 3.81. The van der Waals surface area contributed by atoms with E-state index in [1.54, 1.807) is 0 Å². The molecule has 2 saturated heterocycles. The molecule has 0 spiro atoms. The van der Waals surface area contributed by atoms with Gasteiger partial charge in [0.2, 0.25) is 5.91 Å². The third-order valence-corrected chi connectivity index (χ3v) is 5.07. The van der Waals surface area contributed by atoms with Crippen molar-refractivity contribution >= 4 is 15.7 Å². The maximum atomic E-state index is 12.5. The molecule has 116 valence electrons. The van der Waals surface area contributed by atoms with Gasteiger partial charge >= 0.3 is 0 Å². The lowest BCUT2D eigenvalue weighted by Crippen LogP contribution is -2.52. The Morgan fingerprint density at radius 1 is 1.25 bits per heavy atom. The van der Waals surface area contributed by atoms with Gasteiger partial charge in [0.1, 0.15) is 9.84 Å². The van der Waals surface area contributed by atoms with Gasteiger partial charge in [-0.05, 0) is 32.4 Å². The number of amides is 1. The van der Waals surface area contributed by atoms with Crippen molar-refractivity contribution in [3.63, 3.8) is 0 Å². The lowest BCUT2D eigenvalue weighted by Gasteiger charge is -2.32. The van der Waals surface area contributed by atoms with Gasteiger partial charge in [-0.25, -0.2) is 8.42 Å². The normalized spacial score (nSPS) is 25.1. The first-order valence-corrected chi connectivity index (χ1v) is 9.45. The van der Waals surface area contributed by atoms with Crippen LogP contribution in [0.1, 0.15) is 19.3 Å². The third kappa shape index (κ3) is 4.43. The Kier molecular flexibility index (Phi) is 5.40. The van der Waals surface area contributed by atoms with Crippen molar-refractivity contribution in [3.8, 4) is 0 Å². The second-order valence-corrected chi connectivity index (χ2v) is 8.01. The average Bonchev–Trinajstić information content (AvgIpc) is 2.86. The van der Waals surface area contributed by atoms with E-state index < -0.39 is 9.84 Å². The van der Waals surface area contributed by atoms with E-state index >= 15 is 0 Å². The summed E-state index contributed by atoms with van der Waals surface area (Å²) in [5, 5.41) is 3.25. The van der Waals surface area contributed by atoms with Gasteiger partial charge in [-0.15, -0.1) is 0 Å². The molecule has 1 N–H and O–H groups in total. The first-order chi connectivity index (χ1) is 9.47. The fourth-order valence-electron chi connectivity index (χ4n) is 3.00. The monoisotopic (exact) mass is 303 g/mol. The standard InChI is InChI=1S/C13H25N3O3S/c1-20(18,19)11-3-8-15-7-2-4-12(15)13(17)16-9-5-14-6-10-16/h12,14H,2-11H2,1H3. The van der Waals surface area contributed by atoms with Crippen molar-refractivity contribution in [2.75, 3.05) is 51.3 Å².